The van der Waals surface area contributed by atoms with Crippen LogP contribution in [0.5, 0.6) is 0 Å². The molecule has 0 nitrogen and oxygen atoms in total. The van der Waals surface area contributed by atoms with Crippen LogP contribution in [0.25, 0.3) is 0 Å². The van der Waals surface area contributed by atoms with Crippen LogP contribution in [0, 0.1) is 0 Å². The summed E-state index contributed by atoms with van der Waals surface area (Å²) in [6.45, 7) is 3.54. The first kappa shape index (κ1) is 8.75. The van der Waals surface area contributed by atoms with Gasteiger partial charge >= 0.3 is 0 Å². The maximum Gasteiger partial charge on any atom is 0.131 e. The van der Waals surface area contributed by atoms with Gasteiger partial charge in [-0.05, 0) is 12.8 Å². The molecule has 48 valence electrons. The Labute approximate surface area is 62.4 Å². The van der Waals surface area contributed by atoms with Crippen LogP contribution in [0.3, 0.4) is 0 Å². The lowest BCUT2D eigenvalue weighted by Gasteiger charge is -2.09. The Kier molecular flexibility index (Phi) is 4.06. The summed E-state index contributed by atoms with van der Waals surface area (Å²) in [4.78, 5) is 0. The quantitative estimate of drug-likeness (QED) is 0.348. The first-order chi connectivity index (χ1) is 3.56. The molecule has 0 rings (SSSR count). The van der Waals surface area contributed by atoms with Gasteiger partial charge in [-0.15, -0.1) is 6.58 Å². The Balaban J connectivity index is 3.24. The van der Waals surface area contributed by atoms with Crippen molar-refractivity contribution in [3.05, 3.63) is 12.7 Å². The summed E-state index contributed by atoms with van der Waals surface area (Å²) in [7, 11) is 2.35. The highest BCUT2D eigenvalue weighted by molar-refractivity contribution is 7.27. The average Bonchev–Trinajstić information content (AvgIpc) is 1.59. The van der Waals surface area contributed by atoms with Crippen LogP contribution in [0.1, 0.15) is 12.8 Å². The van der Waals surface area contributed by atoms with E-state index in [1.54, 1.807) is 6.08 Å². The lowest BCUT2D eigenvalue weighted by atomic mass is 10.3. The minimum Gasteiger partial charge on any atom is -0.103 e. The van der Waals surface area contributed by atoms with Gasteiger partial charge in [0, 0.05) is 0 Å². The molecule has 0 aromatic heterocycles. The fourth-order valence-electron chi connectivity index (χ4n) is 0.295. The van der Waals surface area contributed by atoms with Gasteiger partial charge in [0.2, 0.25) is 0 Å². The van der Waals surface area contributed by atoms with Gasteiger partial charge in [-0.3, -0.25) is 0 Å². The first-order valence-corrected chi connectivity index (χ1v) is 3.67. The molecular weight excluding hydrogens is 162 g/mol. The molecule has 3 heteroatoms. The lowest BCUT2D eigenvalue weighted by molar-refractivity contribution is 0.889. The SMILES string of the molecule is C=CCCC(P)(Cl)Cl. The molecule has 0 fully saturated rings. The van der Waals surface area contributed by atoms with Crippen molar-refractivity contribution in [2.45, 2.75) is 16.9 Å². The molecule has 0 aromatic carbocycles. The number of rotatable bonds is 3. The molecule has 0 saturated heterocycles. The second-order valence-electron chi connectivity index (χ2n) is 1.59. The van der Waals surface area contributed by atoms with Crippen LogP contribution < -0.4 is 0 Å². The van der Waals surface area contributed by atoms with E-state index in [1.165, 1.54) is 0 Å². The van der Waals surface area contributed by atoms with Gasteiger partial charge in [0.25, 0.3) is 0 Å². The topological polar surface area (TPSA) is 0 Å². The van der Waals surface area contributed by atoms with Crippen LogP contribution in [-0.2, 0) is 0 Å². The van der Waals surface area contributed by atoms with E-state index in [-0.39, 0.29) is 0 Å². The predicted octanol–water partition coefficient (Wildman–Crippen LogP) is 2.96. The van der Waals surface area contributed by atoms with E-state index >= 15 is 0 Å². The van der Waals surface area contributed by atoms with Gasteiger partial charge in [-0.25, -0.2) is 0 Å². The summed E-state index contributed by atoms with van der Waals surface area (Å²) in [5, 5.41) is 0. The van der Waals surface area contributed by atoms with Gasteiger partial charge in [0.1, 0.15) is 4.07 Å². The minimum atomic E-state index is -0.659. The summed E-state index contributed by atoms with van der Waals surface area (Å²) in [5.74, 6) is 0. The maximum atomic E-state index is 5.59. The molecule has 0 bridgehead atoms. The fraction of sp³-hybridized carbons (Fsp3) is 0.600. The van der Waals surface area contributed by atoms with Gasteiger partial charge in [0.05, 0.1) is 0 Å². The zero-order chi connectivity index (χ0) is 6.62. The van der Waals surface area contributed by atoms with Gasteiger partial charge in [0.15, 0.2) is 0 Å². The van der Waals surface area contributed by atoms with Crippen molar-refractivity contribution < 1.29 is 0 Å². The number of halogens is 2. The zero-order valence-corrected chi connectivity index (χ0v) is 7.20. The summed E-state index contributed by atoms with van der Waals surface area (Å²) in [5.41, 5.74) is 0. The number of alkyl halides is 2. The fourth-order valence-corrected chi connectivity index (χ4v) is 0.679. The summed E-state index contributed by atoms with van der Waals surface area (Å²) < 4.78 is -0.659. The van der Waals surface area contributed by atoms with Crippen molar-refractivity contribution >= 4 is 32.4 Å². The number of hydrogen-bond acceptors (Lipinski definition) is 0. The Hall–Kier alpha value is 0.750. The molecule has 1 unspecified atom stereocenters. The predicted molar refractivity (Wildman–Crippen MR) is 43.6 cm³/mol. The van der Waals surface area contributed by atoms with Crippen LogP contribution in [-0.4, -0.2) is 4.07 Å². The van der Waals surface area contributed by atoms with Gasteiger partial charge in [-0.2, -0.15) is 0 Å². The molecule has 0 radical (unpaired) electrons. The van der Waals surface area contributed by atoms with E-state index < -0.39 is 4.07 Å². The van der Waals surface area contributed by atoms with E-state index in [1.807, 2.05) is 0 Å². The second-order valence-corrected chi connectivity index (χ2v) is 4.85. The molecule has 0 amide bonds. The second kappa shape index (κ2) is 3.71. The van der Waals surface area contributed by atoms with E-state index in [2.05, 4.69) is 15.8 Å². The molecule has 0 spiro atoms. The molecule has 0 aliphatic rings. The third-order valence-corrected chi connectivity index (χ3v) is 1.35. The van der Waals surface area contributed by atoms with Crippen LogP contribution in [0.2, 0.25) is 0 Å². The third-order valence-electron chi connectivity index (χ3n) is 0.682. The molecule has 1 atom stereocenters. The van der Waals surface area contributed by atoms with Crippen molar-refractivity contribution in [1.82, 2.24) is 0 Å². The Morgan fingerprint density at radius 2 is 2.12 bits per heavy atom. The lowest BCUT2D eigenvalue weighted by Crippen LogP contribution is -1.98. The highest BCUT2D eigenvalue weighted by Crippen LogP contribution is 2.33. The summed E-state index contributed by atoms with van der Waals surface area (Å²) >= 11 is 11.2. The highest BCUT2D eigenvalue weighted by atomic mass is 35.5. The summed E-state index contributed by atoms with van der Waals surface area (Å²) in [6, 6.07) is 0. The van der Waals surface area contributed by atoms with Crippen molar-refractivity contribution in [3.63, 3.8) is 0 Å². The Morgan fingerprint density at radius 3 is 2.25 bits per heavy atom. The summed E-state index contributed by atoms with van der Waals surface area (Å²) in [6.07, 6.45) is 3.39. The number of allylic oxidation sites excluding steroid dienone is 1. The van der Waals surface area contributed by atoms with E-state index in [9.17, 15) is 0 Å². The van der Waals surface area contributed by atoms with Gasteiger partial charge < -0.3 is 0 Å². The standard InChI is InChI=1S/C5H9Cl2P/c1-2-3-4-5(6,7)8/h2H,1,3-4,8H2. The molecule has 0 aliphatic carbocycles. The van der Waals surface area contributed by atoms with Gasteiger partial charge in [-0.1, -0.05) is 38.5 Å². The Bertz CT molecular complexity index is 75.0. The maximum absolute atomic E-state index is 5.59. The van der Waals surface area contributed by atoms with Crippen molar-refractivity contribution in [3.8, 4) is 0 Å². The minimum absolute atomic E-state index is 0.659. The Morgan fingerprint density at radius 1 is 1.62 bits per heavy atom. The van der Waals surface area contributed by atoms with E-state index in [0.29, 0.717) is 0 Å². The largest absolute Gasteiger partial charge is 0.131 e. The first-order valence-electron chi connectivity index (χ1n) is 2.34. The van der Waals surface area contributed by atoms with E-state index in [0.717, 1.165) is 12.8 Å². The van der Waals surface area contributed by atoms with Crippen LogP contribution >= 0.6 is 32.4 Å². The van der Waals surface area contributed by atoms with Crippen molar-refractivity contribution in [1.29, 1.82) is 0 Å². The molecule has 0 aromatic rings. The normalized spacial score (nSPS) is 11.4. The van der Waals surface area contributed by atoms with Crippen LogP contribution in [0.15, 0.2) is 12.7 Å². The monoisotopic (exact) mass is 170 g/mol. The highest BCUT2D eigenvalue weighted by Gasteiger charge is 2.13. The molecule has 0 aliphatic heterocycles. The molecule has 0 N–H and O–H groups in total. The average molecular weight is 171 g/mol. The molecule has 0 saturated carbocycles. The van der Waals surface area contributed by atoms with E-state index in [4.69, 9.17) is 23.2 Å². The smallest absolute Gasteiger partial charge is 0.103 e. The zero-order valence-electron chi connectivity index (χ0n) is 4.53. The van der Waals surface area contributed by atoms with Crippen LogP contribution in [0.4, 0.5) is 0 Å². The van der Waals surface area contributed by atoms with Crippen molar-refractivity contribution in [2.24, 2.45) is 0 Å². The molecular formula is C5H9Cl2P. The third kappa shape index (κ3) is 6.75. The molecule has 0 heterocycles. The number of hydrogen-bond donors (Lipinski definition) is 0. The van der Waals surface area contributed by atoms with Crippen molar-refractivity contribution in [2.75, 3.05) is 0 Å². The molecule has 8 heavy (non-hydrogen) atoms.